The molecule has 4 nitrogen and oxygen atoms in total. The highest BCUT2D eigenvalue weighted by Crippen LogP contribution is 2.25. The summed E-state index contributed by atoms with van der Waals surface area (Å²) in [6.07, 6.45) is 3.10. The van der Waals surface area contributed by atoms with Crippen molar-refractivity contribution in [1.29, 1.82) is 0 Å². The number of hydrogen-bond donors (Lipinski definition) is 1. The summed E-state index contributed by atoms with van der Waals surface area (Å²) in [7, 11) is 0. The van der Waals surface area contributed by atoms with Crippen LogP contribution in [-0.2, 0) is 16.0 Å². The molecule has 2 N–H and O–H groups in total. The van der Waals surface area contributed by atoms with Crippen molar-refractivity contribution in [2.24, 2.45) is 5.73 Å². The number of benzene rings is 1. The molecule has 1 heterocycles. The first kappa shape index (κ1) is 20.5. The third-order valence-electron chi connectivity index (χ3n) is 3.89. The number of halogens is 3. The fourth-order valence-corrected chi connectivity index (χ4v) is 3.10. The van der Waals surface area contributed by atoms with E-state index in [0.29, 0.717) is 41.8 Å². The molecule has 0 saturated carbocycles. The third-order valence-corrected chi connectivity index (χ3v) is 4.59. The first-order valence-electron chi connectivity index (χ1n) is 7.64. The zero-order valence-corrected chi connectivity index (χ0v) is 15.3. The standard InChI is InChI=1S/C16H22Cl2N2O2.ClH/c17-14-3-1-4-15(18)13(14)11-16(21)20-8-5-12(6-9-20)22-10-2-7-19;/h1,3-4,12H,2,5-11,19H2;1H. The summed E-state index contributed by atoms with van der Waals surface area (Å²) in [5, 5.41) is 1.08. The van der Waals surface area contributed by atoms with Crippen LogP contribution in [0.4, 0.5) is 0 Å². The SMILES string of the molecule is Cl.NCCCOC1CCN(C(=O)Cc2c(Cl)cccc2Cl)CC1. The average Bonchev–Trinajstić information content (AvgIpc) is 2.52. The predicted octanol–water partition coefficient (Wildman–Crippen LogP) is 3.31. The fourth-order valence-electron chi connectivity index (χ4n) is 2.57. The lowest BCUT2D eigenvalue weighted by Gasteiger charge is -2.32. The molecule has 0 aliphatic carbocycles. The smallest absolute Gasteiger partial charge is 0.227 e. The molecule has 1 amide bonds. The summed E-state index contributed by atoms with van der Waals surface area (Å²) in [6, 6.07) is 5.30. The summed E-state index contributed by atoms with van der Waals surface area (Å²) in [5.41, 5.74) is 6.15. The van der Waals surface area contributed by atoms with Crippen molar-refractivity contribution in [3.8, 4) is 0 Å². The Morgan fingerprint density at radius 2 is 1.87 bits per heavy atom. The van der Waals surface area contributed by atoms with E-state index in [-0.39, 0.29) is 30.8 Å². The Morgan fingerprint density at radius 1 is 1.26 bits per heavy atom. The Morgan fingerprint density at radius 3 is 2.43 bits per heavy atom. The normalized spacial score (nSPS) is 15.3. The van der Waals surface area contributed by atoms with Crippen molar-refractivity contribution in [1.82, 2.24) is 4.90 Å². The maximum absolute atomic E-state index is 12.4. The zero-order chi connectivity index (χ0) is 15.9. The van der Waals surface area contributed by atoms with Crippen molar-refractivity contribution in [2.75, 3.05) is 26.2 Å². The molecule has 0 unspecified atom stereocenters. The van der Waals surface area contributed by atoms with E-state index in [0.717, 1.165) is 19.3 Å². The average molecular weight is 382 g/mol. The number of nitrogens with two attached hydrogens (primary N) is 1. The predicted molar refractivity (Wildman–Crippen MR) is 96.6 cm³/mol. The fraction of sp³-hybridized carbons (Fsp3) is 0.562. The second-order valence-corrected chi connectivity index (χ2v) is 6.28. The van der Waals surface area contributed by atoms with Crippen molar-refractivity contribution in [2.45, 2.75) is 31.8 Å². The van der Waals surface area contributed by atoms with Gasteiger partial charge in [0.15, 0.2) is 0 Å². The Labute approximate surface area is 153 Å². The van der Waals surface area contributed by atoms with Gasteiger partial charge in [-0.25, -0.2) is 0 Å². The number of piperidine rings is 1. The summed E-state index contributed by atoms with van der Waals surface area (Å²) >= 11 is 12.2. The van der Waals surface area contributed by atoms with Crippen LogP contribution in [0.3, 0.4) is 0 Å². The quantitative estimate of drug-likeness (QED) is 0.769. The van der Waals surface area contributed by atoms with Gasteiger partial charge in [0.05, 0.1) is 12.5 Å². The van der Waals surface area contributed by atoms with Crippen molar-refractivity contribution in [3.63, 3.8) is 0 Å². The molecule has 0 atom stereocenters. The Bertz CT molecular complexity index is 486. The lowest BCUT2D eigenvalue weighted by molar-refractivity contribution is -0.133. The van der Waals surface area contributed by atoms with E-state index in [1.165, 1.54) is 0 Å². The first-order valence-corrected chi connectivity index (χ1v) is 8.39. The minimum absolute atomic E-state index is 0. The molecule has 1 saturated heterocycles. The van der Waals surface area contributed by atoms with Crippen LogP contribution in [0.2, 0.25) is 10.0 Å². The van der Waals surface area contributed by atoms with Gasteiger partial charge in [-0.15, -0.1) is 12.4 Å². The molecule has 0 spiro atoms. The number of rotatable bonds is 6. The van der Waals surface area contributed by atoms with E-state index in [4.69, 9.17) is 33.7 Å². The lowest BCUT2D eigenvalue weighted by Crippen LogP contribution is -2.41. The second kappa shape index (κ2) is 10.4. The summed E-state index contributed by atoms with van der Waals surface area (Å²) in [5.74, 6) is 0.0652. The molecule has 1 aromatic rings. The van der Waals surface area contributed by atoms with Gasteiger partial charge in [0, 0.05) is 29.7 Å². The molecule has 1 aliphatic heterocycles. The molecule has 0 aromatic heterocycles. The number of amides is 1. The highest BCUT2D eigenvalue weighted by Gasteiger charge is 2.24. The van der Waals surface area contributed by atoms with E-state index in [2.05, 4.69) is 0 Å². The van der Waals surface area contributed by atoms with E-state index in [9.17, 15) is 4.79 Å². The number of carbonyl (C=O) groups excluding carboxylic acids is 1. The monoisotopic (exact) mass is 380 g/mol. The lowest BCUT2D eigenvalue weighted by atomic mass is 10.1. The van der Waals surface area contributed by atoms with E-state index >= 15 is 0 Å². The summed E-state index contributed by atoms with van der Waals surface area (Å²) < 4.78 is 5.75. The topological polar surface area (TPSA) is 55.6 Å². The highest BCUT2D eigenvalue weighted by molar-refractivity contribution is 6.36. The van der Waals surface area contributed by atoms with Crippen LogP contribution in [0.15, 0.2) is 18.2 Å². The van der Waals surface area contributed by atoms with Gasteiger partial charge < -0.3 is 15.4 Å². The molecule has 0 bridgehead atoms. The molecule has 0 radical (unpaired) electrons. The van der Waals surface area contributed by atoms with Gasteiger partial charge >= 0.3 is 0 Å². The minimum Gasteiger partial charge on any atom is -0.378 e. The number of likely N-dealkylation sites (tertiary alicyclic amines) is 1. The molecular formula is C16H23Cl3N2O2. The molecule has 130 valence electrons. The van der Waals surface area contributed by atoms with Gasteiger partial charge in [-0.3, -0.25) is 4.79 Å². The van der Waals surface area contributed by atoms with Crippen molar-refractivity contribution in [3.05, 3.63) is 33.8 Å². The van der Waals surface area contributed by atoms with Crippen LogP contribution in [0, 0.1) is 0 Å². The summed E-state index contributed by atoms with van der Waals surface area (Å²) in [6.45, 7) is 2.78. The van der Waals surface area contributed by atoms with Crippen molar-refractivity contribution >= 4 is 41.5 Å². The van der Waals surface area contributed by atoms with Gasteiger partial charge in [-0.2, -0.15) is 0 Å². The molecule has 1 aliphatic rings. The largest absolute Gasteiger partial charge is 0.378 e. The van der Waals surface area contributed by atoms with Gasteiger partial charge in [0.25, 0.3) is 0 Å². The Balaban J connectivity index is 0.00000264. The van der Waals surface area contributed by atoms with E-state index in [1.54, 1.807) is 18.2 Å². The van der Waals surface area contributed by atoms with Gasteiger partial charge in [-0.05, 0) is 43.5 Å². The van der Waals surface area contributed by atoms with Crippen LogP contribution in [0.25, 0.3) is 0 Å². The molecule has 2 rings (SSSR count). The second-order valence-electron chi connectivity index (χ2n) is 5.47. The number of carbonyl (C=O) groups is 1. The Hall–Kier alpha value is -0.520. The van der Waals surface area contributed by atoms with Gasteiger partial charge in [-0.1, -0.05) is 29.3 Å². The molecule has 7 heteroatoms. The zero-order valence-electron chi connectivity index (χ0n) is 13.0. The maximum atomic E-state index is 12.4. The van der Waals surface area contributed by atoms with Crippen LogP contribution < -0.4 is 5.73 Å². The van der Waals surface area contributed by atoms with Crippen LogP contribution >= 0.6 is 35.6 Å². The number of nitrogens with zero attached hydrogens (tertiary/aromatic N) is 1. The molecular weight excluding hydrogens is 359 g/mol. The minimum atomic E-state index is 0. The first-order chi connectivity index (χ1) is 10.6. The molecule has 23 heavy (non-hydrogen) atoms. The maximum Gasteiger partial charge on any atom is 0.227 e. The Kier molecular flexibility index (Phi) is 9.25. The van der Waals surface area contributed by atoms with E-state index < -0.39 is 0 Å². The van der Waals surface area contributed by atoms with Crippen LogP contribution in [-0.4, -0.2) is 43.2 Å². The third kappa shape index (κ3) is 6.12. The molecule has 1 aromatic carbocycles. The van der Waals surface area contributed by atoms with Gasteiger partial charge in [0.2, 0.25) is 5.91 Å². The number of hydrogen-bond acceptors (Lipinski definition) is 3. The van der Waals surface area contributed by atoms with E-state index in [1.807, 2.05) is 4.90 Å². The number of ether oxygens (including phenoxy) is 1. The van der Waals surface area contributed by atoms with Gasteiger partial charge in [0.1, 0.15) is 0 Å². The van der Waals surface area contributed by atoms with Crippen LogP contribution in [0.1, 0.15) is 24.8 Å². The van der Waals surface area contributed by atoms with Crippen molar-refractivity contribution < 1.29 is 9.53 Å². The molecule has 1 fully saturated rings. The highest BCUT2D eigenvalue weighted by atomic mass is 35.5. The van der Waals surface area contributed by atoms with Crippen LogP contribution in [0.5, 0.6) is 0 Å². The summed E-state index contributed by atoms with van der Waals surface area (Å²) in [4.78, 5) is 14.3.